The standard InChI is InChI=1S/C27H28N2O3/c1-18-12-14-20(15-13-18)28(26(32)27(2,3)4)16-7-17-29-24(30)21-10-5-8-19-9-6-11-22(23(19)21)25(29)31/h5-6,8-15H,7,16-17H2,1-4H3. The van der Waals surface area contributed by atoms with Crippen molar-refractivity contribution >= 4 is 34.2 Å². The minimum Gasteiger partial charge on any atom is -0.312 e. The van der Waals surface area contributed by atoms with Gasteiger partial charge in [-0.05, 0) is 43.0 Å². The van der Waals surface area contributed by atoms with Crippen LogP contribution < -0.4 is 4.90 Å². The predicted molar refractivity (Wildman–Crippen MR) is 127 cm³/mol. The zero-order valence-corrected chi connectivity index (χ0v) is 19.0. The molecule has 3 aromatic rings. The Bertz CT molecular complexity index is 1160. The number of rotatable bonds is 5. The highest BCUT2D eigenvalue weighted by atomic mass is 16.2. The second-order valence-corrected chi connectivity index (χ2v) is 9.37. The van der Waals surface area contributed by atoms with Gasteiger partial charge in [0.05, 0.1) is 0 Å². The van der Waals surface area contributed by atoms with Crippen molar-refractivity contribution in [2.24, 2.45) is 5.41 Å². The van der Waals surface area contributed by atoms with Crippen LogP contribution in [-0.2, 0) is 4.79 Å². The SMILES string of the molecule is Cc1ccc(N(CCCN2C(=O)c3cccc4cccc(c34)C2=O)C(=O)C(C)(C)C)cc1. The fourth-order valence-corrected chi connectivity index (χ4v) is 4.15. The van der Waals surface area contributed by atoms with E-state index in [0.29, 0.717) is 24.1 Å². The molecular weight excluding hydrogens is 400 g/mol. The Morgan fingerprint density at radius 3 is 1.97 bits per heavy atom. The molecule has 0 radical (unpaired) electrons. The molecule has 5 heteroatoms. The molecule has 0 N–H and O–H groups in total. The highest BCUT2D eigenvalue weighted by molar-refractivity contribution is 6.25. The number of aryl methyl sites for hydroxylation is 1. The number of hydrogen-bond acceptors (Lipinski definition) is 3. The Morgan fingerprint density at radius 2 is 1.44 bits per heavy atom. The highest BCUT2D eigenvalue weighted by Crippen LogP contribution is 2.30. The molecule has 0 saturated carbocycles. The van der Waals surface area contributed by atoms with Crippen LogP contribution in [0.1, 0.15) is 53.5 Å². The van der Waals surface area contributed by atoms with Crippen LogP contribution in [0.25, 0.3) is 10.8 Å². The van der Waals surface area contributed by atoms with E-state index in [1.54, 1.807) is 17.0 Å². The van der Waals surface area contributed by atoms with Crippen LogP contribution in [0.15, 0.2) is 60.7 Å². The Hall–Kier alpha value is -3.47. The predicted octanol–water partition coefficient (Wildman–Crippen LogP) is 5.21. The van der Waals surface area contributed by atoms with Crippen molar-refractivity contribution in [1.29, 1.82) is 0 Å². The van der Waals surface area contributed by atoms with Crippen LogP contribution in [-0.4, -0.2) is 35.7 Å². The summed E-state index contributed by atoms with van der Waals surface area (Å²) in [6.07, 6.45) is 0.491. The molecule has 0 unspecified atom stereocenters. The van der Waals surface area contributed by atoms with Crippen molar-refractivity contribution in [1.82, 2.24) is 4.90 Å². The van der Waals surface area contributed by atoms with Crippen LogP contribution in [0.4, 0.5) is 5.69 Å². The van der Waals surface area contributed by atoms with Crippen molar-refractivity contribution in [2.75, 3.05) is 18.0 Å². The molecule has 0 spiro atoms. The van der Waals surface area contributed by atoms with E-state index in [4.69, 9.17) is 0 Å². The van der Waals surface area contributed by atoms with Crippen molar-refractivity contribution < 1.29 is 14.4 Å². The molecule has 1 heterocycles. The van der Waals surface area contributed by atoms with Crippen molar-refractivity contribution in [3.63, 3.8) is 0 Å². The second kappa shape index (κ2) is 8.23. The van der Waals surface area contributed by atoms with E-state index >= 15 is 0 Å². The van der Waals surface area contributed by atoms with Gasteiger partial charge in [0.25, 0.3) is 11.8 Å². The number of anilines is 1. The lowest BCUT2D eigenvalue weighted by Gasteiger charge is -2.31. The maximum absolute atomic E-state index is 13.1. The fraction of sp³-hybridized carbons (Fsp3) is 0.296. The average molecular weight is 429 g/mol. The lowest BCUT2D eigenvalue weighted by Crippen LogP contribution is -2.44. The lowest BCUT2D eigenvalue weighted by molar-refractivity contribution is -0.125. The molecule has 1 aliphatic heterocycles. The third kappa shape index (κ3) is 3.91. The summed E-state index contributed by atoms with van der Waals surface area (Å²) in [7, 11) is 0. The number of carbonyl (C=O) groups is 3. The fourth-order valence-electron chi connectivity index (χ4n) is 4.15. The summed E-state index contributed by atoms with van der Waals surface area (Å²) in [6, 6.07) is 18.9. The molecule has 0 bridgehead atoms. The molecule has 1 aliphatic rings. The zero-order valence-electron chi connectivity index (χ0n) is 19.0. The first-order valence-corrected chi connectivity index (χ1v) is 10.9. The first-order valence-electron chi connectivity index (χ1n) is 10.9. The van der Waals surface area contributed by atoms with E-state index in [1.165, 1.54) is 4.90 Å². The first-order chi connectivity index (χ1) is 15.2. The smallest absolute Gasteiger partial charge is 0.261 e. The van der Waals surface area contributed by atoms with E-state index in [9.17, 15) is 14.4 Å². The van der Waals surface area contributed by atoms with Crippen LogP contribution in [0.5, 0.6) is 0 Å². The number of hydrogen-bond donors (Lipinski definition) is 0. The molecule has 5 nitrogen and oxygen atoms in total. The summed E-state index contributed by atoms with van der Waals surface area (Å²) in [4.78, 5) is 42.4. The average Bonchev–Trinajstić information content (AvgIpc) is 2.76. The maximum Gasteiger partial charge on any atom is 0.261 e. The summed E-state index contributed by atoms with van der Waals surface area (Å²) < 4.78 is 0. The summed E-state index contributed by atoms with van der Waals surface area (Å²) in [6.45, 7) is 8.36. The Balaban J connectivity index is 1.55. The third-order valence-electron chi connectivity index (χ3n) is 5.85. The number of imide groups is 1. The van der Waals surface area contributed by atoms with Gasteiger partial charge in [0.2, 0.25) is 5.91 Å². The molecule has 0 aliphatic carbocycles. The number of nitrogens with zero attached hydrogens (tertiary/aromatic N) is 2. The molecule has 164 valence electrons. The van der Waals surface area contributed by atoms with Gasteiger partial charge in [0.1, 0.15) is 0 Å². The van der Waals surface area contributed by atoms with Gasteiger partial charge in [0, 0.05) is 40.7 Å². The molecular formula is C27H28N2O3. The Kier molecular flexibility index (Phi) is 5.59. The maximum atomic E-state index is 13.1. The summed E-state index contributed by atoms with van der Waals surface area (Å²) >= 11 is 0. The minimum absolute atomic E-state index is 0.00719. The third-order valence-corrected chi connectivity index (χ3v) is 5.85. The quantitative estimate of drug-likeness (QED) is 0.524. The second-order valence-electron chi connectivity index (χ2n) is 9.37. The summed E-state index contributed by atoms with van der Waals surface area (Å²) in [5, 5.41) is 1.62. The van der Waals surface area contributed by atoms with Crippen molar-refractivity contribution in [2.45, 2.75) is 34.1 Å². The van der Waals surface area contributed by atoms with Crippen LogP contribution >= 0.6 is 0 Å². The zero-order chi connectivity index (χ0) is 23.0. The van der Waals surface area contributed by atoms with E-state index in [2.05, 4.69) is 0 Å². The topological polar surface area (TPSA) is 57.7 Å². The molecule has 4 rings (SSSR count). The lowest BCUT2D eigenvalue weighted by atomic mass is 9.93. The molecule has 32 heavy (non-hydrogen) atoms. The Morgan fingerprint density at radius 1 is 0.875 bits per heavy atom. The van der Waals surface area contributed by atoms with Gasteiger partial charge >= 0.3 is 0 Å². The van der Waals surface area contributed by atoms with E-state index < -0.39 is 5.41 Å². The first kappa shape index (κ1) is 21.8. The van der Waals surface area contributed by atoms with E-state index in [-0.39, 0.29) is 24.3 Å². The van der Waals surface area contributed by atoms with Gasteiger partial charge in [-0.2, -0.15) is 0 Å². The summed E-state index contributed by atoms with van der Waals surface area (Å²) in [5.41, 5.74) is 2.50. The highest BCUT2D eigenvalue weighted by Gasteiger charge is 2.33. The number of carbonyl (C=O) groups excluding carboxylic acids is 3. The van der Waals surface area contributed by atoms with Gasteiger partial charge in [0.15, 0.2) is 0 Å². The molecule has 0 aromatic heterocycles. The molecule has 3 aromatic carbocycles. The Labute approximate surface area is 188 Å². The molecule has 3 amide bonds. The van der Waals surface area contributed by atoms with Gasteiger partial charge in [-0.3, -0.25) is 19.3 Å². The summed E-state index contributed by atoms with van der Waals surface area (Å²) in [5.74, 6) is -0.542. The van der Waals surface area contributed by atoms with E-state index in [0.717, 1.165) is 22.0 Å². The molecule has 0 saturated heterocycles. The monoisotopic (exact) mass is 428 g/mol. The van der Waals surface area contributed by atoms with Gasteiger partial charge in [-0.25, -0.2) is 0 Å². The number of amides is 3. The minimum atomic E-state index is -0.545. The number of benzene rings is 3. The van der Waals surface area contributed by atoms with Gasteiger partial charge in [-0.15, -0.1) is 0 Å². The molecule has 0 fully saturated rings. The largest absolute Gasteiger partial charge is 0.312 e. The van der Waals surface area contributed by atoms with E-state index in [1.807, 2.05) is 76.2 Å². The molecule has 0 atom stereocenters. The van der Waals surface area contributed by atoms with Gasteiger partial charge in [-0.1, -0.05) is 62.7 Å². The van der Waals surface area contributed by atoms with Gasteiger partial charge < -0.3 is 4.90 Å². The van der Waals surface area contributed by atoms with Crippen LogP contribution in [0.3, 0.4) is 0 Å². The normalized spacial score (nSPS) is 13.6. The van der Waals surface area contributed by atoms with Crippen molar-refractivity contribution in [3.8, 4) is 0 Å². The van der Waals surface area contributed by atoms with Crippen LogP contribution in [0, 0.1) is 12.3 Å². The van der Waals surface area contributed by atoms with Crippen molar-refractivity contribution in [3.05, 3.63) is 77.4 Å². The van der Waals surface area contributed by atoms with Crippen LogP contribution in [0.2, 0.25) is 0 Å².